The van der Waals surface area contributed by atoms with Crippen molar-refractivity contribution in [1.29, 1.82) is 0 Å². The van der Waals surface area contributed by atoms with Gasteiger partial charge >= 0.3 is 11.9 Å². The minimum absolute atomic E-state index is 0.124. The highest BCUT2D eigenvalue weighted by Crippen LogP contribution is 2.12. The van der Waals surface area contributed by atoms with E-state index in [0.29, 0.717) is 12.8 Å². The first-order valence-corrected chi connectivity index (χ1v) is 20.6. The van der Waals surface area contributed by atoms with E-state index < -0.39 is 0 Å². The minimum atomic E-state index is -0.249. The van der Waals surface area contributed by atoms with E-state index in [9.17, 15) is 14.4 Å². The summed E-state index contributed by atoms with van der Waals surface area (Å²) in [4.78, 5) is 38.0. The van der Waals surface area contributed by atoms with E-state index in [2.05, 4.69) is 38.2 Å². The van der Waals surface area contributed by atoms with Gasteiger partial charge in [-0.25, -0.2) is 0 Å². The van der Waals surface area contributed by atoms with Crippen molar-refractivity contribution < 1.29 is 23.9 Å². The normalized spacial score (nSPS) is 11.5. The fourth-order valence-electron chi connectivity index (χ4n) is 5.85. The highest BCUT2D eigenvalue weighted by molar-refractivity contribution is 5.78. The molecule has 0 aliphatic carbocycles. The number of nitrogens with two attached hydrogens (primary N) is 1. The Morgan fingerprint density at radius 3 is 1.10 bits per heavy atom. The highest BCUT2D eigenvalue weighted by Gasteiger charge is 2.14. The Balaban J connectivity index is 3.75. The molecule has 0 aromatic carbocycles. The number of hydrogen-bond donors (Lipinski definition) is 1. The summed E-state index contributed by atoms with van der Waals surface area (Å²) in [5.41, 5.74) is 5.56. The summed E-state index contributed by atoms with van der Waals surface area (Å²) >= 11 is 0. The molecular weight excluding hydrogens is 612 g/mol. The average Bonchev–Trinajstić information content (AvgIpc) is 3.10. The highest BCUT2D eigenvalue weighted by atomic mass is 16.5. The van der Waals surface area contributed by atoms with E-state index in [4.69, 9.17) is 15.2 Å². The van der Waals surface area contributed by atoms with Gasteiger partial charge in [-0.1, -0.05) is 141 Å². The number of hydrogen-bond acceptors (Lipinski definition) is 6. The van der Waals surface area contributed by atoms with Crippen molar-refractivity contribution >= 4 is 17.8 Å². The first kappa shape index (κ1) is 46.9. The molecular formula is C42H78N2O5. The number of rotatable bonds is 37. The van der Waals surface area contributed by atoms with Gasteiger partial charge in [0.05, 0.1) is 19.6 Å². The third kappa shape index (κ3) is 35.5. The molecule has 286 valence electrons. The second kappa shape index (κ2) is 38.6. The number of carbonyl (C=O) groups excluding carboxylic acids is 3. The maximum absolute atomic E-state index is 12.2. The SMILES string of the molecule is CCCCCCCC/C=C\CCCCCCCC(=O)OCCN(CCOC(=O)CCCCCCC/C=C\CCCCCCCC)C(=O)CN. The molecule has 2 N–H and O–H groups in total. The Labute approximate surface area is 302 Å². The lowest BCUT2D eigenvalue weighted by molar-refractivity contribution is -0.147. The number of ether oxygens (including phenoxy) is 2. The molecule has 0 saturated carbocycles. The third-order valence-electron chi connectivity index (χ3n) is 9.06. The minimum Gasteiger partial charge on any atom is -0.464 e. The molecule has 0 spiro atoms. The van der Waals surface area contributed by atoms with Gasteiger partial charge in [-0.05, 0) is 64.2 Å². The lowest BCUT2D eigenvalue weighted by Crippen LogP contribution is -2.40. The molecule has 49 heavy (non-hydrogen) atoms. The summed E-state index contributed by atoms with van der Waals surface area (Å²) in [5.74, 6) is -0.713. The van der Waals surface area contributed by atoms with E-state index in [1.165, 1.54) is 120 Å². The van der Waals surface area contributed by atoms with Crippen LogP contribution < -0.4 is 5.73 Å². The van der Waals surface area contributed by atoms with Crippen LogP contribution in [0.3, 0.4) is 0 Å². The lowest BCUT2D eigenvalue weighted by atomic mass is 10.1. The van der Waals surface area contributed by atoms with Crippen LogP contribution in [0.5, 0.6) is 0 Å². The summed E-state index contributed by atoms with van der Waals surface area (Å²) in [5, 5.41) is 0. The van der Waals surface area contributed by atoms with Crippen LogP contribution >= 0.6 is 0 Å². The van der Waals surface area contributed by atoms with Crippen LogP contribution in [0.4, 0.5) is 0 Å². The average molecular weight is 691 g/mol. The van der Waals surface area contributed by atoms with E-state index >= 15 is 0 Å². The van der Waals surface area contributed by atoms with Crippen molar-refractivity contribution in [3.63, 3.8) is 0 Å². The fraction of sp³-hybridized carbons (Fsp3) is 0.833. The number of nitrogens with zero attached hydrogens (tertiary/aromatic N) is 1. The van der Waals surface area contributed by atoms with Crippen molar-refractivity contribution in [3.8, 4) is 0 Å². The van der Waals surface area contributed by atoms with Crippen LogP contribution in [0.25, 0.3) is 0 Å². The van der Waals surface area contributed by atoms with Gasteiger partial charge < -0.3 is 20.1 Å². The van der Waals surface area contributed by atoms with Gasteiger partial charge in [-0.3, -0.25) is 14.4 Å². The second-order valence-electron chi connectivity index (χ2n) is 13.7. The van der Waals surface area contributed by atoms with Crippen molar-refractivity contribution in [2.75, 3.05) is 32.8 Å². The predicted molar refractivity (Wildman–Crippen MR) is 206 cm³/mol. The van der Waals surface area contributed by atoms with Crippen molar-refractivity contribution in [2.45, 2.75) is 194 Å². The zero-order chi connectivity index (χ0) is 35.9. The van der Waals surface area contributed by atoms with Crippen molar-refractivity contribution in [2.24, 2.45) is 5.73 Å². The smallest absolute Gasteiger partial charge is 0.305 e. The zero-order valence-corrected chi connectivity index (χ0v) is 32.2. The van der Waals surface area contributed by atoms with Gasteiger partial charge in [0.2, 0.25) is 5.91 Å². The van der Waals surface area contributed by atoms with E-state index in [1.54, 1.807) is 0 Å². The van der Waals surface area contributed by atoms with Crippen LogP contribution in [0, 0.1) is 0 Å². The van der Waals surface area contributed by atoms with Crippen LogP contribution in [-0.2, 0) is 23.9 Å². The zero-order valence-electron chi connectivity index (χ0n) is 32.2. The lowest BCUT2D eigenvalue weighted by Gasteiger charge is -2.21. The molecule has 7 nitrogen and oxygen atoms in total. The molecule has 0 atom stereocenters. The first-order valence-electron chi connectivity index (χ1n) is 20.6. The van der Waals surface area contributed by atoms with E-state index in [0.717, 1.165) is 51.4 Å². The molecule has 0 unspecified atom stereocenters. The van der Waals surface area contributed by atoms with Crippen LogP contribution in [0.1, 0.15) is 194 Å². The molecule has 0 radical (unpaired) electrons. The van der Waals surface area contributed by atoms with Crippen molar-refractivity contribution in [3.05, 3.63) is 24.3 Å². The Morgan fingerprint density at radius 2 is 0.776 bits per heavy atom. The van der Waals surface area contributed by atoms with Crippen LogP contribution in [-0.4, -0.2) is 55.6 Å². The fourth-order valence-corrected chi connectivity index (χ4v) is 5.85. The standard InChI is InChI=1S/C42H78N2O5/c1-3-5-7-9-11-13-15-17-19-21-23-25-27-29-31-33-41(46)48-37-35-44(40(45)39-43)36-38-49-42(47)34-32-30-28-26-24-22-20-18-16-14-12-10-8-6-4-2/h17-20H,3-16,21-39,43H2,1-2H3/b19-17-,20-18-. The number of esters is 2. The largest absolute Gasteiger partial charge is 0.464 e. The Morgan fingerprint density at radius 1 is 0.469 bits per heavy atom. The number of carbonyl (C=O) groups is 3. The van der Waals surface area contributed by atoms with Crippen LogP contribution in [0.15, 0.2) is 24.3 Å². The summed E-state index contributed by atoms with van der Waals surface area (Å²) in [6.07, 6.45) is 41.8. The predicted octanol–water partition coefficient (Wildman–Crippen LogP) is 10.9. The van der Waals surface area contributed by atoms with Crippen molar-refractivity contribution in [1.82, 2.24) is 4.90 Å². The first-order chi connectivity index (χ1) is 24.0. The Kier molecular flexibility index (Phi) is 37.0. The maximum Gasteiger partial charge on any atom is 0.305 e. The van der Waals surface area contributed by atoms with Gasteiger partial charge in [0.1, 0.15) is 13.2 Å². The topological polar surface area (TPSA) is 98.9 Å². The molecule has 0 heterocycles. The quantitative estimate of drug-likeness (QED) is 0.0396. The molecule has 0 aliphatic rings. The Hall–Kier alpha value is -2.15. The molecule has 0 fully saturated rings. The molecule has 7 heteroatoms. The van der Waals surface area contributed by atoms with Gasteiger partial charge in [-0.15, -0.1) is 0 Å². The van der Waals surface area contributed by atoms with Gasteiger partial charge in [0, 0.05) is 12.8 Å². The second-order valence-corrected chi connectivity index (χ2v) is 13.7. The maximum atomic E-state index is 12.2. The van der Waals surface area contributed by atoms with Gasteiger partial charge in [-0.2, -0.15) is 0 Å². The molecule has 0 rings (SSSR count). The molecule has 0 bridgehead atoms. The summed E-state index contributed by atoms with van der Waals surface area (Å²) < 4.78 is 10.7. The van der Waals surface area contributed by atoms with E-state index in [1.807, 2.05) is 0 Å². The van der Waals surface area contributed by atoms with Gasteiger partial charge in [0.15, 0.2) is 0 Å². The molecule has 0 aromatic rings. The van der Waals surface area contributed by atoms with Gasteiger partial charge in [0.25, 0.3) is 0 Å². The number of allylic oxidation sites excluding steroid dienone is 4. The molecule has 1 amide bonds. The summed E-state index contributed by atoms with van der Waals surface area (Å²) in [6, 6.07) is 0. The number of unbranched alkanes of at least 4 members (excludes halogenated alkanes) is 22. The third-order valence-corrected chi connectivity index (χ3v) is 9.06. The Bertz CT molecular complexity index is 755. The summed E-state index contributed by atoms with van der Waals surface area (Å²) in [6.45, 7) is 5.13. The molecule has 0 aliphatic heterocycles. The molecule has 0 aromatic heterocycles. The number of amides is 1. The van der Waals surface area contributed by atoms with Crippen LogP contribution in [0.2, 0.25) is 0 Å². The monoisotopic (exact) mass is 691 g/mol. The van der Waals surface area contributed by atoms with E-state index in [-0.39, 0.29) is 50.7 Å². The molecule has 0 saturated heterocycles. The summed E-state index contributed by atoms with van der Waals surface area (Å²) in [7, 11) is 0.